The monoisotopic (exact) mass is 253 g/mol. The summed E-state index contributed by atoms with van der Waals surface area (Å²) in [5.74, 6) is -0.957. The Morgan fingerprint density at radius 3 is 2.61 bits per heavy atom. The molecule has 0 aromatic carbocycles. The van der Waals surface area contributed by atoms with Crippen molar-refractivity contribution < 1.29 is 19.8 Å². The van der Waals surface area contributed by atoms with Gasteiger partial charge >= 0.3 is 0 Å². The van der Waals surface area contributed by atoms with Crippen LogP contribution in [0, 0.1) is 0 Å². The van der Waals surface area contributed by atoms with E-state index in [-0.39, 0.29) is 19.6 Å². The summed E-state index contributed by atoms with van der Waals surface area (Å²) in [6.45, 7) is 0.428. The first-order valence-electron chi connectivity index (χ1n) is 5.62. The number of aliphatic hydroxyl groups is 2. The Morgan fingerprint density at radius 1 is 1.39 bits per heavy atom. The van der Waals surface area contributed by atoms with Crippen LogP contribution in [0.25, 0.3) is 0 Å². The number of H-pyrrole nitrogens is 1. The summed E-state index contributed by atoms with van der Waals surface area (Å²) in [6.07, 6.45) is -0.0825. The maximum absolute atomic E-state index is 11.6. The van der Waals surface area contributed by atoms with Gasteiger partial charge in [-0.2, -0.15) is 0 Å². The molecule has 7 nitrogen and oxygen atoms in total. The highest BCUT2D eigenvalue weighted by atomic mass is 16.3. The van der Waals surface area contributed by atoms with Crippen molar-refractivity contribution in [3.63, 3.8) is 0 Å². The van der Waals surface area contributed by atoms with Crippen LogP contribution in [0.15, 0.2) is 18.3 Å². The Bertz CT molecular complexity index is 422. The molecular weight excluding hydrogens is 238 g/mol. The Kier molecular flexibility index (Phi) is 3.75. The van der Waals surface area contributed by atoms with Gasteiger partial charge in [-0.3, -0.25) is 19.8 Å². The van der Waals surface area contributed by atoms with Gasteiger partial charge in [-0.05, 0) is 12.1 Å². The van der Waals surface area contributed by atoms with Crippen molar-refractivity contribution in [2.75, 3.05) is 19.6 Å². The Labute approximate surface area is 103 Å². The number of hydrogen-bond donors (Lipinski definition) is 4. The van der Waals surface area contributed by atoms with Crippen LogP contribution in [0.1, 0.15) is 10.5 Å². The number of aromatic nitrogens is 1. The number of carbonyl (C=O) groups excluding carboxylic acids is 2. The van der Waals surface area contributed by atoms with Crippen molar-refractivity contribution in [1.82, 2.24) is 15.2 Å². The lowest BCUT2D eigenvalue weighted by Gasteiger charge is -2.13. The van der Waals surface area contributed by atoms with E-state index >= 15 is 0 Å². The van der Waals surface area contributed by atoms with Crippen molar-refractivity contribution in [1.29, 1.82) is 0 Å². The molecule has 0 radical (unpaired) electrons. The van der Waals surface area contributed by atoms with Crippen LogP contribution < -0.4 is 5.32 Å². The van der Waals surface area contributed by atoms with E-state index in [2.05, 4.69) is 10.3 Å². The molecule has 0 bridgehead atoms. The van der Waals surface area contributed by atoms with E-state index < -0.39 is 24.0 Å². The first-order chi connectivity index (χ1) is 8.56. The van der Waals surface area contributed by atoms with Gasteiger partial charge in [0.25, 0.3) is 5.91 Å². The molecule has 1 aliphatic heterocycles. The zero-order chi connectivity index (χ0) is 13.1. The minimum absolute atomic E-state index is 0.0272. The van der Waals surface area contributed by atoms with Gasteiger partial charge in [-0.15, -0.1) is 0 Å². The topological polar surface area (TPSA) is 106 Å². The van der Waals surface area contributed by atoms with Gasteiger partial charge in [-0.25, -0.2) is 0 Å². The molecule has 98 valence electrons. The fourth-order valence-electron chi connectivity index (χ4n) is 1.88. The van der Waals surface area contributed by atoms with Crippen LogP contribution in [0.3, 0.4) is 0 Å². The van der Waals surface area contributed by atoms with Crippen LogP contribution in [-0.4, -0.2) is 63.8 Å². The van der Waals surface area contributed by atoms with Crippen LogP contribution >= 0.6 is 0 Å². The molecule has 1 fully saturated rings. The molecule has 2 rings (SSSR count). The Morgan fingerprint density at radius 2 is 2.06 bits per heavy atom. The van der Waals surface area contributed by atoms with Gasteiger partial charge < -0.3 is 15.2 Å². The number of aliphatic hydroxyl groups excluding tert-OH is 2. The number of nitrogens with one attached hydrogen (secondary N) is 2. The van der Waals surface area contributed by atoms with Crippen molar-refractivity contribution in [2.24, 2.45) is 0 Å². The van der Waals surface area contributed by atoms with E-state index in [4.69, 9.17) is 0 Å². The van der Waals surface area contributed by atoms with E-state index in [1.165, 1.54) is 0 Å². The molecule has 2 amide bonds. The number of rotatable bonds is 3. The molecule has 1 aromatic rings. The number of nitrogens with zero attached hydrogens (tertiary/aromatic N) is 1. The molecule has 0 saturated carbocycles. The minimum Gasteiger partial charge on any atom is -0.389 e. The molecule has 1 aliphatic rings. The third-order valence-corrected chi connectivity index (χ3v) is 2.80. The van der Waals surface area contributed by atoms with Gasteiger partial charge in [0, 0.05) is 19.3 Å². The number of hydrogen-bond acceptors (Lipinski definition) is 5. The summed E-state index contributed by atoms with van der Waals surface area (Å²) >= 11 is 0. The smallest absolute Gasteiger partial charge is 0.274 e. The number of β-amino-alcohol motifs (C(OH)–C–C–N with tert-alkyl or cyclic N) is 2. The molecule has 4 N–H and O–H groups in total. The SMILES string of the molecule is O=C(CN1CC(O)C(O)C1)NC(=O)c1ccc[nH]1. The van der Waals surface area contributed by atoms with Crippen LogP contribution in [0.4, 0.5) is 0 Å². The molecule has 2 heterocycles. The number of amides is 2. The van der Waals surface area contributed by atoms with Gasteiger partial charge in [-0.1, -0.05) is 0 Å². The summed E-state index contributed by atoms with van der Waals surface area (Å²) in [5, 5.41) is 20.9. The molecule has 2 atom stereocenters. The zero-order valence-corrected chi connectivity index (χ0v) is 9.67. The normalized spacial score (nSPS) is 24.1. The van der Waals surface area contributed by atoms with Crippen LogP contribution in [-0.2, 0) is 4.79 Å². The van der Waals surface area contributed by atoms with E-state index in [9.17, 15) is 19.8 Å². The summed E-state index contributed by atoms with van der Waals surface area (Å²) < 4.78 is 0. The van der Waals surface area contributed by atoms with E-state index in [0.29, 0.717) is 5.69 Å². The van der Waals surface area contributed by atoms with Crippen molar-refractivity contribution in [2.45, 2.75) is 12.2 Å². The van der Waals surface area contributed by atoms with Gasteiger partial charge in [0.05, 0.1) is 18.8 Å². The summed E-state index contributed by atoms with van der Waals surface area (Å²) in [5.41, 5.74) is 0.310. The predicted molar refractivity (Wildman–Crippen MR) is 61.7 cm³/mol. The molecule has 1 aromatic heterocycles. The third-order valence-electron chi connectivity index (χ3n) is 2.80. The lowest BCUT2D eigenvalue weighted by atomic mass is 10.3. The average molecular weight is 253 g/mol. The second kappa shape index (κ2) is 5.30. The summed E-state index contributed by atoms with van der Waals surface area (Å²) in [7, 11) is 0. The maximum Gasteiger partial charge on any atom is 0.274 e. The molecule has 1 saturated heterocycles. The second-order valence-electron chi connectivity index (χ2n) is 4.29. The number of imide groups is 1. The average Bonchev–Trinajstić information content (AvgIpc) is 2.89. The van der Waals surface area contributed by atoms with E-state index in [0.717, 1.165) is 0 Å². The Hall–Kier alpha value is -1.70. The fraction of sp³-hybridized carbons (Fsp3) is 0.455. The lowest BCUT2D eigenvalue weighted by Crippen LogP contribution is -2.39. The van der Waals surface area contributed by atoms with Gasteiger partial charge in [0.1, 0.15) is 5.69 Å². The lowest BCUT2D eigenvalue weighted by molar-refractivity contribution is -0.121. The standard InChI is InChI=1S/C11H15N3O4/c15-8-4-14(5-9(8)16)6-10(17)13-11(18)7-2-1-3-12-7/h1-3,8-9,12,15-16H,4-6H2,(H,13,17,18). The van der Waals surface area contributed by atoms with Crippen molar-refractivity contribution >= 4 is 11.8 Å². The van der Waals surface area contributed by atoms with Gasteiger partial charge in [0.2, 0.25) is 5.91 Å². The fourth-order valence-corrected chi connectivity index (χ4v) is 1.88. The minimum atomic E-state index is -0.836. The molecule has 18 heavy (non-hydrogen) atoms. The third kappa shape index (κ3) is 2.95. The highest BCUT2D eigenvalue weighted by molar-refractivity contribution is 6.04. The van der Waals surface area contributed by atoms with Crippen molar-refractivity contribution in [3.8, 4) is 0 Å². The van der Waals surface area contributed by atoms with E-state index in [1.54, 1.807) is 23.2 Å². The molecular formula is C11H15N3O4. The van der Waals surface area contributed by atoms with Crippen LogP contribution in [0.2, 0.25) is 0 Å². The molecule has 0 spiro atoms. The Balaban J connectivity index is 1.81. The highest BCUT2D eigenvalue weighted by Gasteiger charge is 2.30. The number of carbonyl (C=O) groups is 2. The summed E-state index contributed by atoms with van der Waals surface area (Å²) in [4.78, 5) is 27.4. The molecule has 2 unspecified atom stereocenters. The summed E-state index contributed by atoms with van der Waals surface area (Å²) in [6, 6.07) is 3.22. The maximum atomic E-state index is 11.6. The van der Waals surface area contributed by atoms with E-state index in [1.807, 2.05) is 0 Å². The first-order valence-corrected chi connectivity index (χ1v) is 5.62. The number of aromatic amines is 1. The quantitative estimate of drug-likeness (QED) is 0.514. The highest BCUT2D eigenvalue weighted by Crippen LogP contribution is 2.08. The molecule has 7 heteroatoms. The predicted octanol–water partition coefficient (Wildman–Crippen LogP) is -1.69. The second-order valence-corrected chi connectivity index (χ2v) is 4.29. The van der Waals surface area contributed by atoms with Crippen molar-refractivity contribution in [3.05, 3.63) is 24.0 Å². The van der Waals surface area contributed by atoms with Gasteiger partial charge in [0.15, 0.2) is 0 Å². The zero-order valence-electron chi connectivity index (χ0n) is 9.67. The largest absolute Gasteiger partial charge is 0.389 e. The number of likely N-dealkylation sites (tertiary alicyclic amines) is 1. The van der Waals surface area contributed by atoms with Crippen LogP contribution in [0.5, 0.6) is 0 Å². The first kappa shape index (κ1) is 12.7. The molecule has 0 aliphatic carbocycles.